The van der Waals surface area contributed by atoms with Crippen molar-refractivity contribution in [3.8, 4) is 0 Å². The lowest BCUT2D eigenvalue weighted by atomic mass is 9.88. The maximum absolute atomic E-state index is 10.6. The first kappa shape index (κ1) is 14.6. The van der Waals surface area contributed by atoms with E-state index >= 15 is 0 Å². The summed E-state index contributed by atoms with van der Waals surface area (Å²) in [5.74, 6) is 2.71. The summed E-state index contributed by atoms with van der Waals surface area (Å²) < 4.78 is 0. The van der Waals surface area contributed by atoms with Crippen LogP contribution in [0.4, 0.5) is 0 Å². The van der Waals surface area contributed by atoms with Gasteiger partial charge in [0, 0.05) is 6.42 Å². The summed E-state index contributed by atoms with van der Waals surface area (Å²) >= 11 is 0. The molecule has 0 aromatic rings. The van der Waals surface area contributed by atoms with Crippen LogP contribution in [0.3, 0.4) is 0 Å². The first-order chi connectivity index (χ1) is 9.25. The molecule has 3 atom stereocenters. The Morgan fingerprint density at radius 1 is 0.947 bits per heavy atom. The van der Waals surface area contributed by atoms with Crippen molar-refractivity contribution in [2.24, 2.45) is 23.5 Å². The first-order valence-corrected chi connectivity index (χ1v) is 8.22. The van der Waals surface area contributed by atoms with Crippen LogP contribution in [-0.2, 0) is 4.79 Å². The van der Waals surface area contributed by atoms with Gasteiger partial charge in [-0.1, -0.05) is 50.7 Å². The summed E-state index contributed by atoms with van der Waals surface area (Å²) in [4.78, 5) is 10.6. The van der Waals surface area contributed by atoms with Crippen molar-refractivity contribution >= 4 is 5.91 Å². The number of nitrogens with two attached hydrogens (primary N) is 1. The Kier molecular flexibility index (Phi) is 5.93. The van der Waals surface area contributed by atoms with E-state index in [2.05, 4.69) is 12.2 Å². The molecule has 0 aliphatic heterocycles. The van der Waals surface area contributed by atoms with Crippen LogP contribution in [-0.4, -0.2) is 5.91 Å². The van der Waals surface area contributed by atoms with Crippen molar-refractivity contribution in [3.05, 3.63) is 12.2 Å². The van der Waals surface area contributed by atoms with Crippen molar-refractivity contribution in [1.29, 1.82) is 0 Å². The number of fused-ring (bicyclic) bond motifs is 2. The van der Waals surface area contributed by atoms with E-state index in [4.69, 9.17) is 5.73 Å². The number of amides is 1. The zero-order valence-corrected chi connectivity index (χ0v) is 12.2. The Hall–Kier alpha value is -0.790. The molecule has 0 aromatic heterocycles. The highest BCUT2D eigenvalue weighted by Crippen LogP contribution is 2.45. The van der Waals surface area contributed by atoms with E-state index in [1.165, 1.54) is 57.8 Å². The molecule has 0 radical (unpaired) electrons. The second-order valence-corrected chi connectivity index (χ2v) is 6.52. The Morgan fingerprint density at radius 2 is 1.63 bits per heavy atom. The molecule has 108 valence electrons. The number of rotatable bonds is 10. The molecule has 0 heterocycles. The first-order valence-electron chi connectivity index (χ1n) is 8.22. The van der Waals surface area contributed by atoms with E-state index in [1.54, 1.807) is 0 Å². The molecule has 0 saturated heterocycles. The summed E-state index contributed by atoms with van der Waals surface area (Å²) in [6.45, 7) is 0. The monoisotopic (exact) mass is 263 g/mol. The molecule has 2 nitrogen and oxygen atoms in total. The van der Waals surface area contributed by atoms with Gasteiger partial charge in [0.25, 0.3) is 0 Å². The highest BCUT2D eigenvalue weighted by atomic mass is 16.1. The molecule has 2 aliphatic rings. The van der Waals surface area contributed by atoms with Gasteiger partial charge in [-0.15, -0.1) is 0 Å². The highest BCUT2D eigenvalue weighted by Gasteiger charge is 2.34. The number of unbranched alkanes of at least 4 members (excludes halogenated alkanes) is 6. The minimum Gasteiger partial charge on any atom is -0.370 e. The van der Waals surface area contributed by atoms with Crippen LogP contribution in [0, 0.1) is 17.8 Å². The van der Waals surface area contributed by atoms with Crippen LogP contribution in [0.5, 0.6) is 0 Å². The molecule has 1 fully saturated rings. The van der Waals surface area contributed by atoms with Gasteiger partial charge in [0.05, 0.1) is 0 Å². The maximum atomic E-state index is 10.6. The molecule has 2 rings (SSSR count). The van der Waals surface area contributed by atoms with E-state index in [9.17, 15) is 4.79 Å². The Balaban J connectivity index is 1.37. The molecule has 1 saturated carbocycles. The van der Waals surface area contributed by atoms with E-state index in [-0.39, 0.29) is 5.91 Å². The minimum atomic E-state index is -0.153. The lowest BCUT2D eigenvalue weighted by Crippen LogP contribution is -2.09. The summed E-state index contributed by atoms with van der Waals surface area (Å²) in [6, 6.07) is 0. The molecule has 1 amide bonds. The molecule has 2 N–H and O–H groups in total. The fraction of sp³-hybridized carbons (Fsp3) is 0.824. The van der Waals surface area contributed by atoms with Crippen molar-refractivity contribution in [1.82, 2.24) is 0 Å². The standard InChI is InChI=1S/C17H29NO/c18-17(19)9-7-5-3-1-2-4-6-8-15-12-14-10-11-16(15)13-14/h10-11,14-16H,1-9,12-13H2,(H2,18,19). The van der Waals surface area contributed by atoms with E-state index in [0.29, 0.717) is 6.42 Å². The van der Waals surface area contributed by atoms with Crippen LogP contribution >= 0.6 is 0 Å². The molecule has 2 bridgehead atoms. The van der Waals surface area contributed by atoms with Gasteiger partial charge in [-0.05, 0) is 43.4 Å². The van der Waals surface area contributed by atoms with Crippen LogP contribution in [0.2, 0.25) is 0 Å². The normalized spacial score (nSPS) is 28.1. The Bertz CT molecular complexity index is 310. The number of allylic oxidation sites excluding steroid dienone is 2. The van der Waals surface area contributed by atoms with Crippen LogP contribution in [0.15, 0.2) is 12.2 Å². The Labute approximate surface area is 117 Å². The van der Waals surface area contributed by atoms with Gasteiger partial charge in [0.2, 0.25) is 5.91 Å². The molecular formula is C17H29NO. The topological polar surface area (TPSA) is 43.1 Å². The number of carbonyl (C=O) groups excluding carboxylic acids is 1. The van der Waals surface area contributed by atoms with Crippen LogP contribution in [0.1, 0.15) is 70.6 Å². The fourth-order valence-corrected chi connectivity index (χ4v) is 3.82. The second-order valence-electron chi connectivity index (χ2n) is 6.52. The molecule has 0 aromatic carbocycles. The van der Waals surface area contributed by atoms with Gasteiger partial charge in [0.15, 0.2) is 0 Å². The van der Waals surface area contributed by atoms with Gasteiger partial charge in [-0.2, -0.15) is 0 Å². The van der Waals surface area contributed by atoms with Crippen molar-refractivity contribution in [2.75, 3.05) is 0 Å². The van der Waals surface area contributed by atoms with E-state index < -0.39 is 0 Å². The predicted molar refractivity (Wildman–Crippen MR) is 79.6 cm³/mol. The van der Waals surface area contributed by atoms with Crippen molar-refractivity contribution < 1.29 is 4.79 Å². The quantitative estimate of drug-likeness (QED) is 0.466. The minimum absolute atomic E-state index is 0.153. The highest BCUT2D eigenvalue weighted by molar-refractivity contribution is 5.73. The third-order valence-electron chi connectivity index (χ3n) is 4.91. The number of hydrogen-bond acceptors (Lipinski definition) is 1. The summed E-state index contributed by atoms with van der Waals surface area (Å²) in [5.41, 5.74) is 5.11. The fourth-order valence-electron chi connectivity index (χ4n) is 3.82. The third kappa shape index (κ3) is 5.00. The molecule has 2 aliphatic carbocycles. The van der Waals surface area contributed by atoms with Gasteiger partial charge < -0.3 is 5.73 Å². The average Bonchev–Trinajstić information content (AvgIpc) is 2.98. The predicted octanol–water partition coefficient (Wildman–Crippen LogP) is 4.19. The molecule has 0 spiro atoms. The van der Waals surface area contributed by atoms with Gasteiger partial charge in [-0.3, -0.25) is 4.79 Å². The zero-order chi connectivity index (χ0) is 13.5. The average molecular weight is 263 g/mol. The zero-order valence-electron chi connectivity index (χ0n) is 12.2. The molecule has 19 heavy (non-hydrogen) atoms. The third-order valence-corrected chi connectivity index (χ3v) is 4.91. The van der Waals surface area contributed by atoms with E-state index in [0.717, 1.165) is 24.2 Å². The van der Waals surface area contributed by atoms with Gasteiger partial charge in [-0.25, -0.2) is 0 Å². The Morgan fingerprint density at radius 3 is 2.21 bits per heavy atom. The molecule has 2 heteroatoms. The molecular weight excluding hydrogens is 234 g/mol. The van der Waals surface area contributed by atoms with Crippen LogP contribution in [0.25, 0.3) is 0 Å². The van der Waals surface area contributed by atoms with Gasteiger partial charge >= 0.3 is 0 Å². The lowest BCUT2D eigenvalue weighted by molar-refractivity contribution is -0.118. The largest absolute Gasteiger partial charge is 0.370 e. The SMILES string of the molecule is NC(=O)CCCCCCCCCC1CC2C=CC1C2. The maximum Gasteiger partial charge on any atom is 0.217 e. The number of carbonyl (C=O) groups is 1. The summed E-state index contributed by atoms with van der Waals surface area (Å²) in [7, 11) is 0. The molecule has 3 unspecified atom stereocenters. The second kappa shape index (κ2) is 7.72. The number of primary amides is 1. The summed E-state index contributed by atoms with van der Waals surface area (Å²) in [5, 5.41) is 0. The van der Waals surface area contributed by atoms with Gasteiger partial charge in [0.1, 0.15) is 0 Å². The van der Waals surface area contributed by atoms with Crippen LogP contribution < -0.4 is 5.73 Å². The lowest BCUT2D eigenvalue weighted by Gasteiger charge is -2.17. The smallest absolute Gasteiger partial charge is 0.217 e. The van der Waals surface area contributed by atoms with E-state index in [1.807, 2.05) is 0 Å². The van der Waals surface area contributed by atoms with Crippen molar-refractivity contribution in [3.63, 3.8) is 0 Å². The number of hydrogen-bond donors (Lipinski definition) is 1. The van der Waals surface area contributed by atoms with Crippen molar-refractivity contribution in [2.45, 2.75) is 70.6 Å². The summed E-state index contributed by atoms with van der Waals surface area (Å²) in [6.07, 6.45) is 18.8.